The van der Waals surface area contributed by atoms with Gasteiger partial charge in [-0.3, -0.25) is 0 Å². The Balaban J connectivity index is 1.73. The molecule has 2 unspecified atom stereocenters. The van der Waals surface area contributed by atoms with Gasteiger partial charge in [-0.2, -0.15) is 0 Å². The molecule has 0 aromatic heterocycles. The second kappa shape index (κ2) is 4.81. The summed E-state index contributed by atoms with van der Waals surface area (Å²) in [5, 5.41) is 0. The van der Waals surface area contributed by atoms with Gasteiger partial charge in [-0.1, -0.05) is 0 Å². The Bertz CT molecular complexity index is 192. The van der Waals surface area contributed by atoms with Crippen LogP contribution in [0.2, 0.25) is 0 Å². The summed E-state index contributed by atoms with van der Waals surface area (Å²) >= 11 is 0. The van der Waals surface area contributed by atoms with Gasteiger partial charge in [0.1, 0.15) is 0 Å². The summed E-state index contributed by atoms with van der Waals surface area (Å²) in [6.07, 6.45) is 8.57. The Morgan fingerprint density at radius 3 is 2.73 bits per heavy atom. The fraction of sp³-hybridized carbons (Fsp3) is 1.00. The second-order valence-corrected chi connectivity index (χ2v) is 4.94. The molecule has 0 amide bonds. The SMILES string of the molecule is COC1(C(N)CCC2CCCO2)CCC1. The number of hydrogen-bond donors (Lipinski definition) is 1. The molecule has 0 bridgehead atoms. The molecule has 3 heteroatoms. The van der Waals surface area contributed by atoms with E-state index in [0.717, 1.165) is 32.3 Å². The van der Waals surface area contributed by atoms with Crippen molar-refractivity contribution in [3.63, 3.8) is 0 Å². The van der Waals surface area contributed by atoms with Crippen LogP contribution in [0.4, 0.5) is 0 Å². The van der Waals surface area contributed by atoms with E-state index in [-0.39, 0.29) is 11.6 Å². The van der Waals surface area contributed by atoms with Crippen LogP contribution < -0.4 is 5.73 Å². The second-order valence-electron chi connectivity index (χ2n) is 4.94. The molecule has 2 atom stereocenters. The van der Waals surface area contributed by atoms with Gasteiger partial charge in [0.2, 0.25) is 0 Å². The molecular formula is C12H23NO2. The fourth-order valence-electron chi connectivity index (χ4n) is 2.75. The van der Waals surface area contributed by atoms with Crippen LogP contribution in [-0.2, 0) is 9.47 Å². The summed E-state index contributed by atoms with van der Waals surface area (Å²) in [6, 6.07) is 0.195. The molecule has 0 aromatic carbocycles. The van der Waals surface area contributed by atoms with Crippen molar-refractivity contribution in [1.82, 2.24) is 0 Å². The average molecular weight is 213 g/mol. The van der Waals surface area contributed by atoms with Gasteiger partial charge in [-0.25, -0.2) is 0 Å². The molecule has 1 aliphatic carbocycles. The highest BCUT2D eigenvalue weighted by atomic mass is 16.5. The Morgan fingerprint density at radius 1 is 1.47 bits per heavy atom. The van der Waals surface area contributed by atoms with Crippen LogP contribution in [0, 0.1) is 0 Å². The molecule has 0 aromatic rings. The molecular weight excluding hydrogens is 190 g/mol. The summed E-state index contributed by atoms with van der Waals surface area (Å²) in [5.74, 6) is 0. The summed E-state index contributed by atoms with van der Waals surface area (Å²) < 4.78 is 11.2. The lowest BCUT2D eigenvalue weighted by molar-refractivity contribution is -0.0931. The molecule has 3 nitrogen and oxygen atoms in total. The summed E-state index contributed by atoms with van der Waals surface area (Å²) in [4.78, 5) is 0. The Labute approximate surface area is 92.3 Å². The zero-order valence-electron chi connectivity index (χ0n) is 9.71. The number of nitrogens with two attached hydrogens (primary N) is 1. The lowest BCUT2D eigenvalue weighted by Crippen LogP contribution is -2.54. The van der Waals surface area contributed by atoms with Gasteiger partial charge in [0.15, 0.2) is 0 Å². The first-order valence-corrected chi connectivity index (χ1v) is 6.19. The zero-order chi connectivity index (χ0) is 10.7. The number of hydrogen-bond acceptors (Lipinski definition) is 3. The maximum atomic E-state index is 6.22. The molecule has 2 fully saturated rings. The first-order valence-electron chi connectivity index (χ1n) is 6.19. The highest BCUT2D eigenvalue weighted by molar-refractivity contribution is 4.98. The standard InChI is InChI=1S/C12H23NO2/c1-14-12(7-3-8-12)11(13)6-5-10-4-2-9-15-10/h10-11H,2-9,13H2,1H3. The van der Waals surface area contributed by atoms with E-state index in [4.69, 9.17) is 15.2 Å². The molecule has 1 aliphatic heterocycles. The van der Waals surface area contributed by atoms with Crippen molar-refractivity contribution in [3.8, 4) is 0 Å². The van der Waals surface area contributed by atoms with E-state index >= 15 is 0 Å². The number of ether oxygens (including phenoxy) is 2. The highest BCUT2D eigenvalue weighted by Gasteiger charge is 2.42. The molecule has 1 saturated heterocycles. The van der Waals surface area contributed by atoms with Gasteiger partial charge >= 0.3 is 0 Å². The molecule has 15 heavy (non-hydrogen) atoms. The van der Waals surface area contributed by atoms with Crippen LogP contribution in [0.25, 0.3) is 0 Å². The van der Waals surface area contributed by atoms with Crippen molar-refractivity contribution in [3.05, 3.63) is 0 Å². The maximum absolute atomic E-state index is 6.22. The molecule has 2 rings (SSSR count). The summed E-state index contributed by atoms with van der Waals surface area (Å²) in [5.41, 5.74) is 6.22. The van der Waals surface area contributed by atoms with Crippen molar-refractivity contribution in [2.75, 3.05) is 13.7 Å². The van der Waals surface area contributed by atoms with Crippen molar-refractivity contribution < 1.29 is 9.47 Å². The third-order valence-electron chi connectivity index (χ3n) is 4.11. The van der Waals surface area contributed by atoms with E-state index < -0.39 is 0 Å². The normalized spacial score (nSPS) is 31.2. The van der Waals surface area contributed by atoms with Crippen molar-refractivity contribution >= 4 is 0 Å². The van der Waals surface area contributed by atoms with E-state index in [1.165, 1.54) is 19.3 Å². The molecule has 0 radical (unpaired) electrons. The van der Waals surface area contributed by atoms with E-state index in [1.807, 2.05) is 0 Å². The Hall–Kier alpha value is -0.120. The number of rotatable bonds is 5. The molecule has 0 spiro atoms. The van der Waals surface area contributed by atoms with Crippen LogP contribution in [0.3, 0.4) is 0 Å². The van der Waals surface area contributed by atoms with Crippen LogP contribution in [0.5, 0.6) is 0 Å². The Kier molecular flexibility index (Phi) is 3.65. The Morgan fingerprint density at radius 2 is 2.27 bits per heavy atom. The minimum atomic E-state index is -0.00138. The number of methoxy groups -OCH3 is 1. The van der Waals surface area contributed by atoms with Crippen molar-refractivity contribution in [2.45, 2.75) is 62.7 Å². The van der Waals surface area contributed by atoms with Crippen molar-refractivity contribution in [2.24, 2.45) is 5.73 Å². The van der Waals surface area contributed by atoms with Gasteiger partial charge in [0, 0.05) is 19.8 Å². The van der Waals surface area contributed by atoms with Gasteiger partial charge < -0.3 is 15.2 Å². The third-order valence-corrected chi connectivity index (χ3v) is 4.11. The minimum absolute atomic E-state index is 0.00138. The highest BCUT2D eigenvalue weighted by Crippen LogP contribution is 2.39. The van der Waals surface area contributed by atoms with Crippen LogP contribution in [0.1, 0.15) is 44.9 Å². The van der Waals surface area contributed by atoms with Gasteiger partial charge in [0.25, 0.3) is 0 Å². The first-order chi connectivity index (χ1) is 7.27. The summed E-state index contributed by atoms with van der Waals surface area (Å²) in [7, 11) is 1.80. The summed E-state index contributed by atoms with van der Waals surface area (Å²) in [6.45, 7) is 0.940. The van der Waals surface area contributed by atoms with E-state index in [1.54, 1.807) is 7.11 Å². The lowest BCUT2D eigenvalue weighted by atomic mass is 9.73. The van der Waals surface area contributed by atoms with Crippen LogP contribution in [-0.4, -0.2) is 31.5 Å². The molecule has 2 N–H and O–H groups in total. The van der Waals surface area contributed by atoms with Crippen molar-refractivity contribution in [1.29, 1.82) is 0 Å². The molecule has 1 saturated carbocycles. The third kappa shape index (κ3) is 2.35. The monoisotopic (exact) mass is 213 g/mol. The molecule has 1 heterocycles. The zero-order valence-corrected chi connectivity index (χ0v) is 9.71. The van der Waals surface area contributed by atoms with E-state index in [2.05, 4.69) is 0 Å². The van der Waals surface area contributed by atoms with E-state index in [9.17, 15) is 0 Å². The predicted molar refractivity (Wildman–Crippen MR) is 59.8 cm³/mol. The predicted octanol–water partition coefficient (Wildman–Crippen LogP) is 1.84. The van der Waals surface area contributed by atoms with Crippen LogP contribution >= 0.6 is 0 Å². The lowest BCUT2D eigenvalue weighted by Gasteiger charge is -2.45. The average Bonchev–Trinajstić information content (AvgIpc) is 2.66. The van der Waals surface area contributed by atoms with Gasteiger partial charge in [0.05, 0.1) is 11.7 Å². The quantitative estimate of drug-likeness (QED) is 0.758. The van der Waals surface area contributed by atoms with Crippen LogP contribution in [0.15, 0.2) is 0 Å². The topological polar surface area (TPSA) is 44.5 Å². The first kappa shape index (κ1) is 11.4. The van der Waals surface area contributed by atoms with E-state index in [0.29, 0.717) is 6.10 Å². The largest absolute Gasteiger partial charge is 0.378 e. The molecule has 88 valence electrons. The fourth-order valence-corrected chi connectivity index (χ4v) is 2.75. The maximum Gasteiger partial charge on any atom is 0.0828 e. The molecule has 2 aliphatic rings. The minimum Gasteiger partial charge on any atom is -0.378 e. The van der Waals surface area contributed by atoms with Gasteiger partial charge in [-0.15, -0.1) is 0 Å². The van der Waals surface area contributed by atoms with Gasteiger partial charge in [-0.05, 0) is 44.9 Å². The smallest absolute Gasteiger partial charge is 0.0828 e.